The molecule has 2 aromatic carbocycles. The average molecular weight is 359 g/mol. The summed E-state index contributed by atoms with van der Waals surface area (Å²) >= 11 is 1.65. The molecule has 0 saturated heterocycles. The van der Waals surface area contributed by atoms with E-state index in [1.165, 1.54) is 0 Å². The largest absolute Gasteiger partial charge is 0.508 e. The molecule has 136 valence electrons. The van der Waals surface area contributed by atoms with E-state index in [-0.39, 0.29) is 0 Å². The first-order valence-electron chi connectivity index (χ1n) is 9.18. The molecule has 0 aromatic heterocycles. The predicted octanol–water partition coefficient (Wildman–Crippen LogP) is 6.43. The highest BCUT2D eigenvalue weighted by atomic mass is 32.2. The van der Waals surface area contributed by atoms with Crippen LogP contribution in [0, 0.1) is 11.8 Å². The summed E-state index contributed by atoms with van der Waals surface area (Å²) in [5.74, 6) is 1.93. The van der Waals surface area contributed by atoms with E-state index >= 15 is 0 Å². The number of rotatable bonds is 8. The van der Waals surface area contributed by atoms with Gasteiger partial charge in [-0.05, 0) is 61.8 Å². The molecule has 2 rings (SSSR count). The quantitative estimate of drug-likeness (QED) is 0.571. The third-order valence-corrected chi connectivity index (χ3v) is 5.58. The van der Waals surface area contributed by atoms with Gasteiger partial charge in [0.1, 0.15) is 11.5 Å². The molecule has 0 aliphatic rings. The van der Waals surface area contributed by atoms with Gasteiger partial charge < -0.3 is 10.2 Å². The summed E-state index contributed by atoms with van der Waals surface area (Å²) in [7, 11) is 0. The van der Waals surface area contributed by atoms with Crippen LogP contribution >= 0.6 is 11.8 Å². The molecule has 0 amide bonds. The van der Waals surface area contributed by atoms with Gasteiger partial charge in [0.25, 0.3) is 0 Å². The number of aromatic hydroxyl groups is 2. The Balaban J connectivity index is 2.30. The number of hydrogen-bond donors (Lipinski definition) is 2. The molecule has 2 nitrogen and oxygen atoms in total. The molecular weight excluding hydrogens is 328 g/mol. The van der Waals surface area contributed by atoms with Crippen LogP contribution in [0.4, 0.5) is 0 Å². The highest BCUT2D eigenvalue weighted by Crippen LogP contribution is 2.39. The van der Waals surface area contributed by atoms with Crippen molar-refractivity contribution in [1.82, 2.24) is 0 Å². The second kappa shape index (κ2) is 9.19. The lowest BCUT2D eigenvalue weighted by atomic mass is 10.0. The van der Waals surface area contributed by atoms with E-state index in [9.17, 15) is 10.2 Å². The SMILES string of the molecule is CC(C)CCc1c(O)cccc1Sc1cccc(O)c1CCC(C)C. The van der Waals surface area contributed by atoms with Crippen molar-refractivity contribution in [3.05, 3.63) is 47.5 Å². The maximum atomic E-state index is 10.3. The topological polar surface area (TPSA) is 40.5 Å². The van der Waals surface area contributed by atoms with Gasteiger partial charge in [0.2, 0.25) is 0 Å². The van der Waals surface area contributed by atoms with Crippen LogP contribution in [0.25, 0.3) is 0 Å². The third-order valence-electron chi connectivity index (χ3n) is 4.38. The fourth-order valence-electron chi connectivity index (χ4n) is 2.79. The summed E-state index contributed by atoms with van der Waals surface area (Å²) in [5, 5.41) is 20.6. The Morgan fingerprint density at radius 2 is 1.12 bits per heavy atom. The molecule has 0 aliphatic heterocycles. The average Bonchev–Trinajstić information content (AvgIpc) is 2.53. The summed E-state index contributed by atoms with van der Waals surface area (Å²) in [6, 6.07) is 11.5. The molecule has 2 aromatic rings. The van der Waals surface area contributed by atoms with Crippen LogP contribution in [0.1, 0.15) is 51.7 Å². The fourth-order valence-corrected chi connectivity index (χ4v) is 3.98. The first-order chi connectivity index (χ1) is 11.9. The molecule has 0 aliphatic carbocycles. The van der Waals surface area contributed by atoms with E-state index in [2.05, 4.69) is 39.8 Å². The Morgan fingerprint density at radius 3 is 1.48 bits per heavy atom. The molecule has 0 radical (unpaired) electrons. The molecule has 0 heterocycles. The van der Waals surface area contributed by atoms with Crippen molar-refractivity contribution in [2.24, 2.45) is 11.8 Å². The lowest BCUT2D eigenvalue weighted by Gasteiger charge is -2.16. The normalized spacial score (nSPS) is 11.4. The van der Waals surface area contributed by atoms with Gasteiger partial charge in [-0.25, -0.2) is 0 Å². The van der Waals surface area contributed by atoms with E-state index < -0.39 is 0 Å². The first-order valence-corrected chi connectivity index (χ1v) is 9.99. The Hall–Kier alpha value is -1.61. The highest BCUT2D eigenvalue weighted by molar-refractivity contribution is 7.99. The van der Waals surface area contributed by atoms with Gasteiger partial charge in [-0.3, -0.25) is 0 Å². The lowest BCUT2D eigenvalue weighted by Crippen LogP contribution is -1.97. The van der Waals surface area contributed by atoms with Crippen LogP contribution in [-0.4, -0.2) is 10.2 Å². The van der Waals surface area contributed by atoms with E-state index in [4.69, 9.17) is 0 Å². The van der Waals surface area contributed by atoms with E-state index in [1.54, 1.807) is 23.9 Å². The zero-order chi connectivity index (χ0) is 18.4. The summed E-state index contributed by atoms with van der Waals surface area (Å²) in [6.45, 7) is 8.80. The molecular formula is C22H30O2S. The highest BCUT2D eigenvalue weighted by Gasteiger charge is 2.14. The number of benzene rings is 2. The Labute approximate surface area is 156 Å². The molecule has 0 fully saturated rings. The maximum absolute atomic E-state index is 10.3. The van der Waals surface area contributed by atoms with Gasteiger partial charge in [0.05, 0.1) is 0 Å². The first kappa shape index (κ1) is 19.7. The molecule has 2 N–H and O–H groups in total. The van der Waals surface area contributed by atoms with Crippen molar-refractivity contribution >= 4 is 11.8 Å². The van der Waals surface area contributed by atoms with Crippen molar-refractivity contribution in [3.63, 3.8) is 0 Å². The summed E-state index contributed by atoms with van der Waals surface area (Å²) < 4.78 is 0. The van der Waals surface area contributed by atoms with Crippen molar-refractivity contribution in [2.45, 2.75) is 63.2 Å². The van der Waals surface area contributed by atoms with Crippen LogP contribution in [0.2, 0.25) is 0 Å². The second-order valence-electron chi connectivity index (χ2n) is 7.47. The molecule has 25 heavy (non-hydrogen) atoms. The number of hydrogen-bond acceptors (Lipinski definition) is 3. The van der Waals surface area contributed by atoms with E-state index in [1.807, 2.05) is 12.1 Å². The Morgan fingerprint density at radius 1 is 0.720 bits per heavy atom. The molecule has 0 bridgehead atoms. The van der Waals surface area contributed by atoms with Crippen LogP contribution in [0.5, 0.6) is 11.5 Å². The molecule has 0 unspecified atom stereocenters. The summed E-state index contributed by atoms with van der Waals surface area (Å²) in [5.41, 5.74) is 2.03. The van der Waals surface area contributed by atoms with Crippen molar-refractivity contribution < 1.29 is 10.2 Å². The van der Waals surface area contributed by atoms with Gasteiger partial charge in [-0.1, -0.05) is 51.6 Å². The van der Waals surface area contributed by atoms with Gasteiger partial charge in [-0.15, -0.1) is 0 Å². The molecule has 3 heteroatoms. The minimum Gasteiger partial charge on any atom is -0.508 e. The van der Waals surface area contributed by atoms with Crippen molar-refractivity contribution in [1.29, 1.82) is 0 Å². The lowest BCUT2D eigenvalue weighted by molar-refractivity contribution is 0.460. The minimum atomic E-state index is 0.370. The monoisotopic (exact) mass is 358 g/mol. The van der Waals surface area contributed by atoms with Crippen LogP contribution in [0.3, 0.4) is 0 Å². The van der Waals surface area contributed by atoms with Crippen LogP contribution in [0.15, 0.2) is 46.2 Å². The van der Waals surface area contributed by atoms with Gasteiger partial charge in [-0.2, -0.15) is 0 Å². The smallest absolute Gasteiger partial charge is 0.119 e. The van der Waals surface area contributed by atoms with E-state index in [0.29, 0.717) is 23.3 Å². The van der Waals surface area contributed by atoms with Crippen molar-refractivity contribution in [2.75, 3.05) is 0 Å². The Kier molecular flexibility index (Phi) is 7.24. The summed E-state index contributed by atoms with van der Waals surface area (Å²) in [4.78, 5) is 2.16. The maximum Gasteiger partial charge on any atom is 0.119 e. The number of phenols is 2. The zero-order valence-electron chi connectivity index (χ0n) is 15.7. The fraction of sp³-hybridized carbons (Fsp3) is 0.455. The standard InChI is InChI=1S/C22H30O2S/c1-15(2)11-13-17-19(23)7-5-9-21(17)25-22-10-6-8-20(24)18(22)14-12-16(3)4/h5-10,15-16,23-24H,11-14H2,1-4H3. The summed E-state index contributed by atoms with van der Waals surface area (Å²) in [6.07, 6.45) is 3.83. The van der Waals surface area contributed by atoms with Crippen molar-refractivity contribution in [3.8, 4) is 11.5 Å². The van der Waals surface area contributed by atoms with E-state index in [0.717, 1.165) is 46.6 Å². The third kappa shape index (κ3) is 5.71. The van der Waals surface area contributed by atoms with Gasteiger partial charge >= 0.3 is 0 Å². The van der Waals surface area contributed by atoms with Gasteiger partial charge in [0.15, 0.2) is 0 Å². The molecule has 0 spiro atoms. The zero-order valence-corrected chi connectivity index (χ0v) is 16.6. The minimum absolute atomic E-state index is 0.370. The van der Waals surface area contributed by atoms with Crippen LogP contribution in [-0.2, 0) is 12.8 Å². The second-order valence-corrected chi connectivity index (χ2v) is 8.56. The predicted molar refractivity (Wildman–Crippen MR) is 107 cm³/mol. The molecule has 0 saturated carbocycles. The Bertz CT molecular complexity index is 633. The number of phenolic OH excluding ortho intramolecular Hbond substituents is 2. The van der Waals surface area contributed by atoms with Gasteiger partial charge in [0, 0.05) is 20.9 Å². The molecule has 0 atom stereocenters. The van der Waals surface area contributed by atoms with Crippen LogP contribution < -0.4 is 0 Å².